The Hall–Kier alpha value is -0.940. The van der Waals surface area contributed by atoms with Crippen LogP contribution >= 0.6 is 0 Å². The number of hydrogen-bond acceptors (Lipinski definition) is 4. The van der Waals surface area contributed by atoms with Crippen molar-refractivity contribution in [2.24, 2.45) is 5.92 Å². The molecule has 2 heterocycles. The zero-order valence-electron chi connectivity index (χ0n) is 10.5. The minimum Gasteiger partial charge on any atom is -0.396 e. The van der Waals surface area contributed by atoms with Gasteiger partial charge in [-0.15, -0.1) is 0 Å². The molecule has 1 aliphatic rings. The fourth-order valence-corrected chi connectivity index (χ4v) is 2.45. The second-order valence-corrected chi connectivity index (χ2v) is 4.83. The van der Waals surface area contributed by atoms with E-state index >= 15 is 0 Å². The molecule has 1 fully saturated rings. The van der Waals surface area contributed by atoms with E-state index in [-0.39, 0.29) is 0 Å². The molecule has 2 rings (SSSR count). The Labute approximate surface area is 102 Å². The van der Waals surface area contributed by atoms with Gasteiger partial charge in [-0.3, -0.25) is 4.90 Å². The Kier molecular flexibility index (Phi) is 4.50. The van der Waals surface area contributed by atoms with Crippen LogP contribution in [0.3, 0.4) is 0 Å². The van der Waals surface area contributed by atoms with E-state index in [1.54, 1.807) is 6.33 Å². The molecule has 0 bridgehead atoms. The van der Waals surface area contributed by atoms with E-state index in [1.807, 2.05) is 4.68 Å². The van der Waals surface area contributed by atoms with Crippen molar-refractivity contribution in [3.8, 4) is 0 Å². The zero-order chi connectivity index (χ0) is 12.1. The van der Waals surface area contributed by atoms with Crippen molar-refractivity contribution in [3.05, 3.63) is 12.2 Å². The van der Waals surface area contributed by atoms with Crippen LogP contribution < -0.4 is 0 Å². The highest BCUT2D eigenvalue weighted by Gasteiger charge is 2.20. The number of nitrogens with zero attached hydrogens (tertiary/aromatic N) is 4. The van der Waals surface area contributed by atoms with Gasteiger partial charge < -0.3 is 5.11 Å². The number of piperidine rings is 1. The SMILES string of the molecule is CCCn1ncnc1CN1CCCC(CO)C1. The van der Waals surface area contributed by atoms with Gasteiger partial charge in [0, 0.05) is 19.7 Å². The number of aliphatic hydroxyl groups is 1. The first kappa shape index (κ1) is 12.5. The smallest absolute Gasteiger partial charge is 0.141 e. The molecule has 0 aromatic carbocycles. The first-order valence-electron chi connectivity index (χ1n) is 6.53. The maximum atomic E-state index is 9.21. The fourth-order valence-electron chi connectivity index (χ4n) is 2.45. The molecule has 0 radical (unpaired) electrons. The van der Waals surface area contributed by atoms with Gasteiger partial charge in [0.1, 0.15) is 12.2 Å². The summed E-state index contributed by atoms with van der Waals surface area (Å²) in [4.78, 5) is 6.70. The Morgan fingerprint density at radius 2 is 2.41 bits per heavy atom. The van der Waals surface area contributed by atoms with Gasteiger partial charge in [0.15, 0.2) is 0 Å². The van der Waals surface area contributed by atoms with Crippen LogP contribution in [-0.2, 0) is 13.1 Å². The Balaban J connectivity index is 1.93. The minimum absolute atomic E-state index is 0.304. The molecular weight excluding hydrogens is 216 g/mol. The monoisotopic (exact) mass is 238 g/mol. The van der Waals surface area contributed by atoms with Crippen molar-refractivity contribution < 1.29 is 5.11 Å². The summed E-state index contributed by atoms with van der Waals surface area (Å²) in [5.41, 5.74) is 0. The van der Waals surface area contributed by atoms with E-state index in [2.05, 4.69) is 21.9 Å². The van der Waals surface area contributed by atoms with Crippen LogP contribution in [0.1, 0.15) is 32.0 Å². The van der Waals surface area contributed by atoms with Gasteiger partial charge in [-0.05, 0) is 31.7 Å². The van der Waals surface area contributed by atoms with Gasteiger partial charge in [-0.1, -0.05) is 6.92 Å². The number of aromatic nitrogens is 3. The minimum atomic E-state index is 0.304. The molecule has 96 valence electrons. The van der Waals surface area contributed by atoms with Crippen LogP contribution in [0.4, 0.5) is 0 Å². The third-order valence-electron chi connectivity index (χ3n) is 3.36. The summed E-state index contributed by atoms with van der Waals surface area (Å²) in [5, 5.41) is 13.5. The lowest BCUT2D eigenvalue weighted by atomic mass is 9.99. The summed E-state index contributed by atoms with van der Waals surface area (Å²) in [7, 11) is 0. The van der Waals surface area contributed by atoms with Gasteiger partial charge in [0.25, 0.3) is 0 Å². The second-order valence-electron chi connectivity index (χ2n) is 4.83. The predicted octanol–water partition coefficient (Wildman–Crippen LogP) is 0.892. The van der Waals surface area contributed by atoms with E-state index in [4.69, 9.17) is 0 Å². The molecular formula is C12H22N4O. The van der Waals surface area contributed by atoms with Gasteiger partial charge >= 0.3 is 0 Å². The zero-order valence-corrected chi connectivity index (χ0v) is 10.5. The van der Waals surface area contributed by atoms with Crippen LogP contribution in [0.5, 0.6) is 0 Å². The molecule has 17 heavy (non-hydrogen) atoms. The largest absolute Gasteiger partial charge is 0.396 e. The van der Waals surface area contributed by atoms with Crippen LogP contribution in [0.25, 0.3) is 0 Å². The number of rotatable bonds is 5. The molecule has 1 N–H and O–H groups in total. The molecule has 5 heteroatoms. The predicted molar refractivity (Wildman–Crippen MR) is 65.4 cm³/mol. The average molecular weight is 238 g/mol. The van der Waals surface area contributed by atoms with E-state index in [0.717, 1.165) is 44.8 Å². The molecule has 1 saturated heterocycles. The molecule has 1 aromatic rings. The second kappa shape index (κ2) is 6.12. The summed E-state index contributed by atoms with van der Waals surface area (Å²) in [6.45, 7) is 6.33. The highest BCUT2D eigenvalue weighted by Crippen LogP contribution is 2.17. The molecule has 1 atom stereocenters. The van der Waals surface area contributed by atoms with Crippen molar-refractivity contribution in [1.29, 1.82) is 0 Å². The number of aryl methyl sites for hydroxylation is 1. The van der Waals surface area contributed by atoms with Crippen molar-refractivity contribution in [2.45, 2.75) is 39.3 Å². The van der Waals surface area contributed by atoms with Crippen LogP contribution in [0.2, 0.25) is 0 Å². The lowest BCUT2D eigenvalue weighted by Gasteiger charge is -2.31. The van der Waals surface area contributed by atoms with Crippen molar-refractivity contribution >= 4 is 0 Å². The first-order chi connectivity index (χ1) is 8.33. The summed E-state index contributed by atoms with van der Waals surface area (Å²) in [6.07, 6.45) is 5.04. The summed E-state index contributed by atoms with van der Waals surface area (Å²) >= 11 is 0. The van der Waals surface area contributed by atoms with Gasteiger partial charge in [-0.25, -0.2) is 9.67 Å². The third-order valence-corrected chi connectivity index (χ3v) is 3.36. The quantitative estimate of drug-likeness (QED) is 0.828. The van der Waals surface area contributed by atoms with Gasteiger partial charge in [0.2, 0.25) is 0 Å². The van der Waals surface area contributed by atoms with E-state index in [0.29, 0.717) is 12.5 Å². The van der Waals surface area contributed by atoms with Gasteiger partial charge in [-0.2, -0.15) is 5.10 Å². The van der Waals surface area contributed by atoms with Gasteiger partial charge in [0.05, 0.1) is 6.54 Å². The third kappa shape index (κ3) is 3.26. The highest BCUT2D eigenvalue weighted by atomic mass is 16.3. The fraction of sp³-hybridized carbons (Fsp3) is 0.833. The Morgan fingerprint density at radius 3 is 3.18 bits per heavy atom. The van der Waals surface area contributed by atoms with Crippen molar-refractivity contribution in [2.75, 3.05) is 19.7 Å². The van der Waals surface area contributed by atoms with Crippen molar-refractivity contribution in [1.82, 2.24) is 19.7 Å². The lowest BCUT2D eigenvalue weighted by molar-refractivity contribution is 0.112. The number of likely N-dealkylation sites (tertiary alicyclic amines) is 1. The molecule has 0 aliphatic carbocycles. The van der Waals surface area contributed by atoms with Crippen molar-refractivity contribution in [3.63, 3.8) is 0 Å². The first-order valence-corrected chi connectivity index (χ1v) is 6.53. The van der Waals surface area contributed by atoms with Crippen LogP contribution in [0.15, 0.2) is 6.33 Å². The molecule has 0 amide bonds. The topological polar surface area (TPSA) is 54.2 Å². The average Bonchev–Trinajstić information content (AvgIpc) is 2.78. The van der Waals surface area contributed by atoms with Crippen LogP contribution in [-0.4, -0.2) is 44.5 Å². The maximum Gasteiger partial charge on any atom is 0.141 e. The van der Waals surface area contributed by atoms with E-state index in [9.17, 15) is 5.11 Å². The van der Waals surface area contributed by atoms with Crippen LogP contribution in [0, 0.1) is 5.92 Å². The molecule has 1 aromatic heterocycles. The summed E-state index contributed by atoms with van der Waals surface area (Å²) in [6, 6.07) is 0. The normalized spacial score (nSPS) is 21.9. The standard InChI is InChI=1S/C12H22N4O/c1-2-5-16-12(13-10-14-16)8-15-6-3-4-11(7-15)9-17/h10-11,17H,2-9H2,1H3. The molecule has 0 spiro atoms. The Morgan fingerprint density at radius 1 is 1.53 bits per heavy atom. The molecule has 1 aliphatic heterocycles. The van der Waals surface area contributed by atoms with E-state index < -0.39 is 0 Å². The number of aliphatic hydroxyl groups excluding tert-OH is 1. The summed E-state index contributed by atoms with van der Waals surface area (Å²) in [5.74, 6) is 1.48. The molecule has 5 nitrogen and oxygen atoms in total. The molecule has 1 unspecified atom stereocenters. The summed E-state index contributed by atoms with van der Waals surface area (Å²) < 4.78 is 1.99. The van der Waals surface area contributed by atoms with E-state index in [1.165, 1.54) is 6.42 Å². The molecule has 0 saturated carbocycles. The maximum absolute atomic E-state index is 9.21. The highest BCUT2D eigenvalue weighted by molar-refractivity contribution is 4.86. The Bertz CT molecular complexity index is 339. The number of hydrogen-bond donors (Lipinski definition) is 1. The lowest BCUT2D eigenvalue weighted by Crippen LogP contribution is -2.37.